The smallest absolute Gasteiger partial charge is 0.343 e. The Labute approximate surface area is 102 Å². The molecule has 2 rings (SSSR count). The Morgan fingerprint density at radius 3 is 2.47 bits per heavy atom. The summed E-state index contributed by atoms with van der Waals surface area (Å²) in [4.78, 5) is 12.2. The molecule has 1 unspecified atom stereocenters. The summed E-state index contributed by atoms with van der Waals surface area (Å²) in [6.45, 7) is 2.19. The minimum atomic E-state index is -0.905. The maximum absolute atomic E-state index is 12.2. The summed E-state index contributed by atoms with van der Waals surface area (Å²) in [7, 11) is 1.59. The third-order valence-corrected chi connectivity index (χ3v) is 3.26. The summed E-state index contributed by atoms with van der Waals surface area (Å²) in [5.74, 6) is -0.0230. The standard InChI is InChI=1S/C14H18O3/c1-3-17-13(15)14(16-2,12-9-10-12)11-7-5-4-6-8-11/h4-8,12H,3,9-10H2,1-2H3. The number of hydrogen-bond donors (Lipinski definition) is 0. The minimum Gasteiger partial charge on any atom is -0.464 e. The molecule has 1 fully saturated rings. The van der Waals surface area contributed by atoms with Crippen molar-refractivity contribution in [3.05, 3.63) is 35.9 Å². The number of ether oxygens (including phenoxy) is 2. The molecule has 0 aromatic heterocycles. The van der Waals surface area contributed by atoms with Crippen molar-refractivity contribution in [3.8, 4) is 0 Å². The third-order valence-electron chi connectivity index (χ3n) is 3.26. The van der Waals surface area contributed by atoms with Crippen molar-refractivity contribution in [3.63, 3.8) is 0 Å². The monoisotopic (exact) mass is 234 g/mol. The van der Waals surface area contributed by atoms with E-state index in [9.17, 15) is 4.79 Å². The van der Waals surface area contributed by atoms with Gasteiger partial charge in [0.1, 0.15) is 0 Å². The van der Waals surface area contributed by atoms with Gasteiger partial charge in [-0.2, -0.15) is 0 Å². The van der Waals surface area contributed by atoms with Gasteiger partial charge in [-0.05, 0) is 25.3 Å². The molecule has 1 aliphatic rings. The van der Waals surface area contributed by atoms with E-state index in [2.05, 4.69) is 0 Å². The number of benzene rings is 1. The van der Waals surface area contributed by atoms with Crippen molar-refractivity contribution in [2.24, 2.45) is 5.92 Å². The predicted octanol–water partition coefficient (Wildman–Crippen LogP) is 2.50. The molecule has 1 saturated carbocycles. The Bertz CT molecular complexity index is 384. The second-order valence-corrected chi connectivity index (χ2v) is 4.30. The highest BCUT2D eigenvalue weighted by atomic mass is 16.6. The van der Waals surface area contributed by atoms with E-state index in [1.54, 1.807) is 7.11 Å². The average Bonchev–Trinajstić information content (AvgIpc) is 3.17. The quantitative estimate of drug-likeness (QED) is 0.734. The summed E-state index contributed by atoms with van der Waals surface area (Å²) < 4.78 is 10.8. The molecule has 0 aliphatic heterocycles. The van der Waals surface area contributed by atoms with E-state index in [1.807, 2.05) is 37.3 Å². The average molecular weight is 234 g/mol. The Morgan fingerprint density at radius 2 is 2.00 bits per heavy atom. The van der Waals surface area contributed by atoms with E-state index in [0.29, 0.717) is 6.61 Å². The minimum absolute atomic E-state index is 0.244. The van der Waals surface area contributed by atoms with Gasteiger partial charge in [0.2, 0.25) is 0 Å². The van der Waals surface area contributed by atoms with Crippen molar-refractivity contribution < 1.29 is 14.3 Å². The molecule has 0 spiro atoms. The largest absolute Gasteiger partial charge is 0.464 e. The number of carbonyl (C=O) groups excluding carboxylic acids is 1. The fraction of sp³-hybridized carbons (Fsp3) is 0.500. The van der Waals surface area contributed by atoms with Gasteiger partial charge in [0.15, 0.2) is 5.60 Å². The Hall–Kier alpha value is -1.35. The zero-order valence-electron chi connectivity index (χ0n) is 10.3. The Balaban J connectivity index is 2.39. The summed E-state index contributed by atoms with van der Waals surface area (Å²) in [6.07, 6.45) is 2.03. The van der Waals surface area contributed by atoms with Gasteiger partial charge in [0.25, 0.3) is 0 Å². The van der Waals surface area contributed by atoms with Gasteiger partial charge < -0.3 is 9.47 Å². The lowest BCUT2D eigenvalue weighted by Crippen LogP contribution is -2.41. The molecular weight excluding hydrogens is 216 g/mol. The van der Waals surface area contributed by atoms with Crippen LogP contribution in [-0.2, 0) is 19.9 Å². The van der Waals surface area contributed by atoms with Crippen LogP contribution in [0.3, 0.4) is 0 Å². The number of hydrogen-bond acceptors (Lipinski definition) is 3. The van der Waals surface area contributed by atoms with Crippen molar-refractivity contribution in [2.45, 2.75) is 25.4 Å². The molecule has 3 heteroatoms. The second kappa shape index (κ2) is 4.88. The van der Waals surface area contributed by atoms with Gasteiger partial charge in [-0.15, -0.1) is 0 Å². The maximum atomic E-state index is 12.2. The predicted molar refractivity (Wildman–Crippen MR) is 64.5 cm³/mol. The molecule has 17 heavy (non-hydrogen) atoms. The molecular formula is C14H18O3. The summed E-state index contributed by atoms with van der Waals surface area (Å²) in [6, 6.07) is 9.63. The first-order chi connectivity index (χ1) is 8.25. The van der Waals surface area contributed by atoms with Crippen molar-refractivity contribution >= 4 is 5.97 Å². The highest BCUT2D eigenvalue weighted by molar-refractivity contribution is 5.82. The maximum Gasteiger partial charge on any atom is 0.343 e. The fourth-order valence-electron chi connectivity index (χ4n) is 2.30. The van der Waals surface area contributed by atoms with E-state index in [4.69, 9.17) is 9.47 Å². The molecule has 0 N–H and O–H groups in total. The van der Waals surface area contributed by atoms with Gasteiger partial charge in [-0.25, -0.2) is 4.79 Å². The van der Waals surface area contributed by atoms with Crippen LogP contribution in [0.15, 0.2) is 30.3 Å². The lowest BCUT2D eigenvalue weighted by Gasteiger charge is -2.30. The van der Waals surface area contributed by atoms with Gasteiger partial charge >= 0.3 is 5.97 Å². The fourth-order valence-corrected chi connectivity index (χ4v) is 2.30. The molecule has 0 heterocycles. The van der Waals surface area contributed by atoms with Crippen molar-refractivity contribution in [2.75, 3.05) is 13.7 Å². The first-order valence-electron chi connectivity index (χ1n) is 6.03. The van der Waals surface area contributed by atoms with Crippen LogP contribution in [0.1, 0.15) is 25.3 Å². The zero-order valence-corrected chi connectivity index (χ0v) is 10.3. The molecule has 0 amide bonds. The van der Waals surface area contributed by atoms with Gasteiger partial charge in [-0.1, -0.05) is 30.3 Å². The van der Waals surface area contributed by atoms with E-state index in [1.165, 1.54) is 0 Å². The molecule has 0 radical (unpaired) electrons. The van der Waals surface area contributed by atoms with Crippen LogP contribution >= 0.6 is 0 Å². The van der Waals surface area contributed by atoms with Crippen LogP contribution in [-0.4, -0.2) is 19.7 Å². The van der Waals surface area contributed by atoms with Gasteiger partial charge in [0, 0.05) is 13.0 Å². The number of rotatable bonds is 5. The van der Waals surface area contributed by atoms with E-state index in [-0.39, 0.29) is 11.9 Å². The summed E-state index contributed by atoms with van der Waals surface area (Å²) >= 11 is 0. The highest BCUT2D eigenvalue weighted by Crippen LogP contribution is 2.48. The second-order valence-electron chi connectivity index (χ2n) is 4.30. The van der Waals surface area contributed by atoms with Crippen LogP contribution in [0.25, 0.3) is 0 Å². The summed E-state index contributed by atoms with van der Waals surface area (Å²) in [5.41, 5.74) is -0.0134. The lowest BCUT2D eigenvalue weighted by molar-refractivity contribution is -0.173. The SMILES string of the molecule is CCOC(=O)C(OC)(c1ccccc1)C1CC1. The van der Waals surface area contributed by atoms with Crippen LogP contribution in [0.2, 0.25) is 0 Å². The summed E-state index contributed by atoms with van der Waals surface area (Å²) in [5, 5.41) is 0. The van der Waals surface area contributed by atoms with Crippen LogP contribution in [0.4, 0.5) is 0 Å². The Morgan fingerprint density at radius 1 is 1.35 bits per heavy atom. The van der Waals surface area contributed by atoms with Crippen LogP contribution in [0.5, 0.6) is 0 Å². The highest BCUT2D eigenvalue weighted by Gasteiger charge is 2.53. The molecule has 1 aliphatic carbocycles. The third kappa shape index (κ3) is 2.07. The normalized spacial score (nSPS) is 18.5. The van der Waals surface area contributed by atoms with Gasteiger partial charge in [-0.3, -0.25) is 0 Å². The zero-order chi connectivity index (χ0) is 12.3. The topological polar surface area (TPSA) is 35.5 Å². The van der Waals surface area contributed by atoms with E-state index < -0.39 is 5.60 Å². The first kappa shape index (κ1) is 12.1. The molecule has 1 aromatic rings. The number of methoxy groups -OCH3 is 1. The van der Waals surface area contributed by atoms with Crippen molar-refractivity contribution in [1.29, 1.82) is 0 Å². The number of esters is 1. The van der Waals surface area contributed by atoms with Crippen LogP contribution in [0, 0.1) is 5.92 Å². The van der Waals surface area contributed by atoms with E-state index >= 15 is 0 Å². The van der Waals surface area contributed by atoms with Gasteiger partial charge in [0.05, 0.1) is 6.61 Å². The van der Waals surface area contributed by atoms with E-state index in [0.717, 1.165) is 18.4 Å². The molecule has 1 atom stereocenters. The lowest BCUT2D eigenvalue weighted by atomic mass is 9.88. The Kier molecular flexibility index (Phi) is 3.48. The van der Waals surface area contributed by atoms with Crippen LogP contribution < -0.4 is 0 Å². The molecule has 3 nitrogen and oxygen atoms in total. The first-order valence-corrected chi connectivity index (χ1v) is 6.03. The molecule has 1 aromatic carbocycles. The number of carbonyl (C=O) groups is 1. The van der Waals surface area contributed by atoms with Crippen molar-refractivity contribution in [1.82, 2.24) is 0 Å². The molecule has 92 valence electrons. The molecule has 0 bridgehead atoms. The molecule has 0 saturated heterocycles.